The van der Waals surface area contributed by atoms with Crippen LogP contribution in [-0.4, -0.2) is 29.4 Å². The molecule has 0 aliphatic heterocycles. The third-order valence-corrected chi connectivity index (χ3v) is 4.87. The maximum atomic E-state index is 13.0. The molecule has 0 radical (unpaired) electrons. The monoisotopic (exact) mass is 426 g/mol. The number of benzene rings is 1. The van der Waals surface area contributed by atoms with Crippen LogP contribution in [0.5, 0.6) is 5.75 Å². The maximum absolute atomic E-state index is 13.0. The van der Waals surface area contributed by atoms with E-state index in [2.05, 4.69) is 0 Å². The number of rotatable bonds is 2. The highest BCUT2D eigenvalue weighted by Crippen LogP contribution is 2.54. The molecule has 0 atom stereocenters. The smallest absolute Gasteiger partial charge is 0.489 e. The number of ether oxygens (including phenoxy) is 1. The van der Waals surface area contributed by atoms with Gasteiger partial charge >= 0.3 is 18.3 Å². The second kappa shape index (κ2) is 7.74. The molecule has 11 heteroatoms. The molecule has 0 saturated heterocycles. The van der Waals surface area contributed by atoms with Crippen LogP contribution in [-0.2, 0) is 11.0 Å². The quantitative estimate of drug-likeness (QED) is 0.686. The van der Waals surface area contributed by atoms with Crippen molar-refractivity contribution in [1.82, 2.24) is 0 Å². The fraction of sp³-hybridized carbons (Fsp3) is 0.556. The van der Waals surface area contributed by atoms with Gasteiger partial charge in [0.15, 0.2) is 0 Å². The molecule has 1 aromatic carbocycles. The molecular weight excluding hydrogens is 406 g/mol. The molecule has 0 spiro atoms. The Balaban J connectivity index is 0.000000516. The number of carbonyl (C=O) groups is 1. The molecule has 0 bridgehead atoms. The molecule has 3 N–H and O–H groups in total. The first-order chi connectivity index (χ1) is 12.9. The average Bonchev–Trinajstić information content (AvgIpc) is 2.57. The van der Waals surface area contributed by atoms with Crippen LogP contribution in [0, 0.1) is 22.2 Å². The van der Waals surface area contributed by atoms with Gasteiger partial charge in [0, 0.05) is 16.9 Å². The first-order valence-electron chi connectivity index (χ1n) is 8.20. The maximum Gasteiger partial charge on any atom is 0.490 e. The van der Waals surface area contributed by atoms with E-state index in [0.29, 0.717) is 0 Å². The summed E-state index contributed by atoms with van der Waals surface area (Å²) in [6.45, 7) is 7.73. The number of carboxylic acid groups (broad SMARTS) is 1. The SMILES string of the molecule is CC1(C)C(N)C(C)(C)C1Oc1ccc(C#N)c(C(F)(F)F)c1.O=C(O)C(F)(F)F. The summed E-state index contributed by atoms with van der Waals surface area (Å²) in [5.74, 6) is -2.66. The molecule has 1 saturated carbocycles. The number of halogens is 6. The zero-order chi connectivity index (χ0) is 23.0. The summed E-state index contributed by atoms with van der Waals surface area (Å²) in [5, 5.41) is 15.9. The molecule has 2 rings (SSSR count). The van der Waals surface area contributed by atoms with Crippen molar-refractivity contribution < 1.29 is 41.0 Å². The molecule has 0 amide bonds. The van der Waals surface area contributed by atoms with Crippen molar-refractivity contribution >= 4 is 5.97 Å². The van der Waals surface area contributed by atoms with Crippen molar-refractivity contribution in [2.45, 2.75) is 52.2 Å². The van der Waals surface area contributed by atoms with E-state index in [1.165, 1.54) is 6.07 Å². The van der Waals surface area contributed by atoms with Gasteiger partial charge in [0.2, 0.25) is 0 Å². The van der Waals surface area contributed by atoms with Crippen LogP contribution in [0.1, 0.15) is 38.8 Å². The van der Waals surface area contributed by atoms with Gasteiger partial charge in [-0.3, -0.25) is 0 Å². The summed E-state index contributed by atoms with van der Waals surface area (Å²) < 4.78 is 76.5. The van der Waals surface area contributed by atoms with E-state index in [9.17, 15) is 26.3 Å². The topological polar surface area (TPSA) is 96.3 Å². The average molecular weight is 426 g/mol. The number of nitrogens with zero attached hydrogens (tertiary/aromatic N) is 1. The number of hydrogen-bond acceptors (Lipinski definition) is 4. The predicted molar refractivity (Wildman–Crippen MR) is 89.8 cm³/mol. The van der Waals surface area contributed by atoms with Gasteiger partial charge in [-0.2, -0.15) is 31.6 Å². The second-order valence-corrected chi connectivity index (χ2v) is 7.74. The number of aliphatic carboxylic acids is 1. The van der Waals surface area contributed by atoms with Gasteiger partial charge in [0.25, 0.3) is 0 Å². The van der Waals surface area contributed by atoms with Crippen LogP contribution in [0.25, 0.3) is 0 Å². The number of nitriles is 1. The van der Waals surface area contributed by atoms with Crippen molar-refractivity contribution in [2.75, 3.05) is 0 Å². The molecule has 1 fully saturated rings. The van der Waals surface area contributed by atoms with Gasteiger partial charge in [0.05, 0.1) is 17.2 Å². The minimum Gasteiger partial charge on any atom is -0.489 e. The van der Waals surface area contributed by atoms with E-state index in [-0.39, 0.29) is 28.7 Å². The summed E-state index contributed by atoms with van der Waals surface area (Å²) in [7, 11) is 0. The number of carboxylic acids is 1. The molecule has 1 aliphatic rings. The first kappa shape index (κ1) is 24.6. The lowest BCUT2D eigenvalue weighted by Gasteiger charge is -2.61. The van der Waals surface area contributed by atoms with Crippen LogP contribution in [0.2, 0.25) is 0 Å². The van der Waals surface area contributed by atoms with Gasteiger partial charge in [-0.05, 0) is 18.2 Å². The standard InChI is InChI=1S/C16H19F3N2O.C2HF3O2/c1-14(2)12(21)15(3,4)13(14)22-10-6-5-9(8-20)11(7-10)16(17,18)19;3-2(4,5)1(6)7/h5-7,12-13H,21H2,1-4H3;(H,6,7). The van der Waals surface area contributed by atoms with Crippen LogP contribution in [0.3, 0.4) is 0 Å². The van der Waals surface area contributed by atoms with E-state index in [1.54, 1.807) is 6.07 Å². The molecular formula is C18H20F6N2O3. The van der Waals surface area contributed by atoms with Crippen LogP contribution >= 0.6 is 0 Å². The van der Waals surface area contributed by atoms with Gasteiger partial charge in [-0.25, -0.2) is 4.79 Å². The Kier molecular flexibility index (Phi) is 6.56. The van der Waals surface area contributed by atoms with Crippen LogP contribution in [0.15, 0.2) is 18.2 Å². The summed E-state index contributed by atoms with van der Waals surface area (Å²) in [6, 6.07) is 4.86. The third-order valence-electron chi connectivity index (χ3n) is 4.87. The zero-order valence-corrected chi connectivity index (χ0v) is 15.9. The Morgan fingerprint density at radius 2 is 1.59 bits per heavy atom. The van der Waals surface area contributed by atoms with E-state index in [4.69, 9.17) is 25.6 Å². The molecule has 0 heterocycles. The highest BCUT2D eigenvalue weighted by atomic mass is 19.4. The van der Waals surface area contributed by atoms with Crippen LogP contribution in [0.4, 0.5) is 26.3 Å². The molecule has 162 valence electrons. The van der Waals surface area contributed by atoms with Gasteiger partial charge in [0.1, 0.15) is 11.9 Å². The van der Waals surface area contributed by atoms with E-state index in [1.807, 2.05) is 27.7 Å². The van der Waals surface area contributed by atoms with Crippen molar-refractivity contribution in [3.05, 3.63) is 29.3 Å². The van der Waals surface area contributed by atoms with Crippen molar-refractivity contribution in [3.8, 4) is 11.8 Å². The first-order valence-corrected chi connectivity index (χ1v) is 8.20. The Hall–Kier alpha value is -2.48. The Bertz CT molecular complexity index is 793. The Morgan fingerprint density at radius 3 is 1.93 bits per heavy atom. The van der Waals surface area contributed by atoms with Gasteiger partial charge in [-0.15, -0.1) is 0 Å². The van der Waals surface area contributed by atoms with Crippen molar-refractivity contribution in [1.29, 1.82) is 5.26 Å². The Morgan fingerprint density at radius 1 is 1.14 bits per heavy atom. The number of alkyl halides is 6. The van der Waals surface area contributed by atoms with Gasteiger partial charge < -0.3 is 15.6 Å². The lowest BCUT2D eigenvalue weighted by atomic mass is 9.50. The van der Waals surface area contributed by atoms with Gasteiger partial charge in [-0.1, -0.05) is 27.7 Å². The lowest BCUT2D eigenvalue weighted by molar-refractivity contribution is -0.192. The normalized spacial score (nSPS) is 22.4. The highest BCUT2D eigenvalue weighted by Gasteiger charge is 2.62. The third kappa shape index (κ3) is 5.12. The predicted octanol–water partition coefficient (Wildman–Crippen LogP) is 4.35. The summed E-state index contributed by atoms with van der Waals surface area (Å²) >= 11 is 0. The lowest BCUT2D eigenvalue weighted by Crippen LogP contribution is -2.72. The molecule has 0 aromatic heterocycles. The van der Waals surface area contributed by atoms with E-state index >= 15 is 0 Å². The largest absolute Gasteiger partial charge is 0.490 e. The molecule has 1 aliphatic carbocycles. The summed E-state index contributed by atoms with van der Waals surface area (Å²) in [4.78, 5) is 8.90. The number of nitrogens with two attached hydrogens (primary N) is 1. The Labute approximate surface area is 163 Å². The van der Waals surface area contributed by atoms with E-state index in [0.717, 1.165) is 12.1 Å². The van der Waals surface area contributed by atoms with Crippen molar-refractivity contribution in [2.24, 2.45) is 16.6 Å². The number of hydrogen-bond donors (Lipinski definition) is 2. The zero-order valence-electron chi connectivity index (χ0n) is 15.9. The minimum atomic E-state index is -5.08. The summed E-state index contributed by atoms with van der Waals surface area (Å²) in [6.07, 6.45) is -9.98. The van der Waals surface area contributed by atoms with Crippen LogP contribution < -0.4 is 10.5 Å². The minimum absolute atomic E-state index is 0.101. The fourth-order valence-corrected chi connectivity index (χ4v) is 3.52. The fourth-order valence-electron chi connectivity index (χ4n) is 3.52. The molecule has 0 unspecified atom stereocenters. The molecule has 29 heavy (non-hydrogen) atoms. The van der Waals surface area contributed by atoms with Crippen molar-refractivity contribution in [3.63, 3.8) is 0 Å². The second-order valence-electron chi connectivity index (χ2n) is 7.74. The molecule has 1 aromatic rings. The highest BCUT2D eigenvalue weighted by molar-refractivity contribution is 5.73. The van der Waals surface area contributed by atoms with E-state index < -0.39 is 29.4 Å². The summed E-state index contributed by atoms with van der Waals surface area (Å²) in [5.41, 5.74) is 4.05. The molecule has 5 nitrogen and oxygen atoms in total.